The Morgan fingerprint density at radius 1 is 1.12 bits per heavy atom. The maximum Gasteiger partial charge on any atom is 0.197 e. The summed E-state index contributed by atoms with van der Waals surface area (Å²) in [5.74, 6) is 1.50. The third-order valence-electron chi connectivity index (χ3n) is 5.07. The lowest BCUT2D eigenvalue weighted by Gasteiger charge is -2.25. The molecular formula is C19H17N5O. The molecule has 1 aliphatic rings. The average molecular weight is 331 g/mol. The van der Waals surface area contributed by atoms with Gasteiger partial charge in [-0.1, -0.05) is 24.6 Å². The second-order valence-electron chi connectivity index (χ2n) is 6.62. The standard InChI is InChI=1S/C19H17N5O/c25-23-10-14-4-1-2-7-16(14)15(11-23)12-24-18(13-5-3-6-13)22-17-19(24)21-9-8-20-17/h1-2,4,7-11,13H,3,5-6,12H2. The summed E-state index contributed by atoms with van der Waals surface area (Å²) >= 11 is 0. The smallest absolute Gasteiger partial charge is 0.197 e. The second-order valence-corrected chi connectivity index (χ2v) is 6.62. The van der Waals surface area contributed by atoms with Crippen LogP contribution in [0.15, 0.2) is 49.1 Å². The van der Waals surface area contributed by atoms with E-state index >= 15 is 0 Å². The monoisotopic (exact) mass is 331 g/mol. The molecule has 3 heterocycles. The van der Waals surface area contributed by atoms with Gasteiger partial charge in [0.1, 0.15) is 5.82 Å². The van der Waals surface area contributed by atoms with E-state index in [1.165, 1.54) is 6.42 Å². The highest BCUT2D eigenvalue weighted by Gasteiger charge is 2.27. The van der Waals surface area contributed by atoms with Crippen molar-refractivity contribution in [2.75, 3.05) is 0 Å². The molecule has 1 saturated carbocycles. The highest BCUT2D eigenvalue weighted by molar-refractivity contribution is 5.84. The van der Waals surface area contributed by atoms with Gasteiger partial charge < -0.3 is 9.77 Å². The minimum Gasteiger partial charge on any atom is -0.619 e. The van der Waals surface area contributed by atoms with E-state index in [2.05, 4.69) is 20.6 Å². The first kappa shape index (κ1) is 14.3. The largest absolute Gasteiger partial charge is 0.619 e. The lowest BCUT2D eigenvalue weighted by Crippen LogP contribution is -2.26. The number of fused-ring (bicyclic) bond motifs is 2. The Hall–Kier alpha value is -3.02. The lowest BCUT2D eigenvalue weighted by molar-refractivity contribution is -0.604. The molecule has 124 valence electrons. The van der Waals surface area contributed by atoms with E-state index < -0.39 is 0 Å². The Morgan fingerprint density at radius 2 is 1.96 bits per heavy atom. The molecule has 1 fully saturated rings. The summed E-state index contributed by atoms with van der Waals surface area (Å²) in [6.45, 7) is 0.574. The van der Waals surface area contributed by atoms with Crippen molar-refractivity contribution in [1.29, 1.82) is 0 Å². The van der Waals surface area contributed by atoms with Crippen molar-refractivity contribution < 1.29 is 4.73 Å². The number of imidazole rings is 1. The molecule has 0 aliphatic heterocycles. The predicted octanol–water partition coefficient (Wildman–Crippen LogP) is 2.93. The van der Waals surface area contributed by atoms with Gasteiger partial charge in [-0.2, -0.15) is 4.73 Å². The Labute approximate surface area is 144 Å². The Kier molecular flexibility index (Phi) is 3.16. The van der Waals surface area contributed by atoms with Gasteiger partial charge in [0.2, 0.25) is 0 Å². The summed E-state index contributed by atoms with van der Waals surface area (Å²) in [4.78, 5) is 13.6. The number of pyridine rings is 1. The molecule has 3 aromatic heterocycles. The molecule has 1 aliphatic carbocycles. The zero-order chi connectivity index (χ0) is 16.8. The molecule has 4 aromatic rings. The molecule has 1 aromatic carbocycles. The molecule has 0 atom stereocenters. The van der Waals surface area contributed by atoms with Gasteiger partial charge in [0.05, 0.1) is 6.54 Å². The van der Waals surface area contributed by atoms with Crippen LogP contribution in [0.4, 0.5) is 0 Å². The van der Waals surface area contributed by atoms with Crippen molar-refractivity contribution in [3.8, 4) is 0 Å². The predicted molar refractivity (Wildman–Crippen MR) is 93.9 cm³/mol. The van der Waals surface area contributed by atoms with Gasteiger partial charge in [0.15, 0.2) is 23.7 Å². The number of aromatic nitrogens is 5. The average Bonchev–Trinajstić information content (AvgIpc) is 2.91. The minimum atomic E-state index is 0.463. The van der Waals surface area contributed by atoms with Crippen LogP contribution in [0.25, 0.3) is 22.1 Å². The van der Waals surface area contributed by atoms with E-state index in [1.54, 1.807) is 24.8 Å². The Balaban J connectivity index is 1.70. The fourth-order valence-electron chi connectivity index (χ4n) is 3.60. The fourth-order valence-corrected chi connectivity index (χ4v) is 3.60. The number of hydrogen-bond acceptors (Lipinski definition) is 4. The van der Waals surface area contributed by atoms with Crippen LogP contribution in [-0.2, 0) is 6.54 Å². The molecule has 6 nitrogen and oxygen atoms in total. The van der Waals surface area contributed by atoms with E-state index in [0.717, 1.165) is 45.4 Å². The second kappa shape index (κ2) is 5.51. The first-order chi connectivity index (χ1) is 12.3. The van der Waals surface area contributed by atoms with Crippen molar-refractivity contribution in [2.24, 2.45) is 0 Å². The maximum atomic E-state index is 12.0. The zero-order valence-electron chi connectivity index (χ0n) is 13.7. The molecule has 25 heavy (non-hydrogen) atoms. The third-order valence-corrected chi connectivity index (χ3v) is 5.07. The topological polar surface area (TPSA) is 70.5 Å². The SMILES string of the molecule is [O-][n+]1cc(Cn2c(C3CCC3)nc3nccnc32)c2ccccc2c1. The molecule has 5 rings (SSSR count). The first-order valence-electron chi connectivity index (χ1n) is 8.57. The summed E-state index contributed by atoms with van der Waals surface area (Å²) in [5, 5.41) is 14.1. The molecule has 6 heteroatoms. The maximum absolute atomic E-state index is 12.0. The van der Waals surface area contributed by atoms with Gasteiger partial charge in [-0.3, -0.25) is 0 Å². The number of nitrogens with zero attached hydrogens (tertiary/aromatic N) is 5. The minimum absolute atomic E-state index is 0.463. The van der Waals surface area contributed by atoms with Crippen LogP contribution in [0.3, 0.4) is 0 Å². The summed E-state index contributed by atoms with van der Waals surface area (Å²) in [6, 6.07) is 7.97. The van der Waals surface area contributed by atoms with Crippen LogP contribution in [0.1, 0.15) is 36.6 Å². The van der Waals surface area contributed by atoms with Crippen LogP contribution in [0.5, 0.6) is 0 Å². The molecular weight excluding hydrogens is 314 g/mol. The van der Waals surface area contributed by atoms with Gasteiger partial charge in [0.25, 0.3) is 0 Å². The normalized spacial score (nSPS) is 14.9. The molecule has 0 saturated heterocycles. The molecule has 0 amide bonds. The van der Waals surface area contributed by atoms with Crippen molar-refractivity contribution in [3.05, 3.63) is 65.6 Å². The van der Waals surface area contributed by atoms with Gasteiger partial charge in [-0.15, -0.1) is 0 Å². The molecule has 0 spiro atoms. The van der Waals surface area contributed by atoms with Gasteiger partial charge in [-0.05, 0) is 24.3 Å². The summed E-state index contributed by atoms with van der Waals surface area (Å²) in [7, 11) is 0. The van der Waals surface area contributed by atoms with E-state index in [-0.39, 0.29) is 0 Å². The van der Waals surface area contributed by atoms with E-state index in [4.69, 9.17) is 4.98 Å². The molecule has 0 N–H and O–H groups in total. The Morgan fingerprint density at radius 3 is 2.80 bits per heavy atom. The van der Waals surface area contributed by atoms with Crippen LogP contribution < -0.4 is 4.73 Å². The summed E-state index contributed by atoms with van der Waals surface area (Å²) in [6.07, 6.45) is 10.2. The highest BCUT2D eigenvalue weighted by atomic mass is 16.5. The fraction of sp³-hybridized carbons (Fsp3) is 0.263. The molecule has 0 bridgehead atoms. The first-order valence-corrected chi connectivity index (χ1v) is 8.57. The number of rotatable bonds is 3. The van der Waals surface area contributed by atoms with Crippen LogP contribution in [-0.4, -0.2) is 19.5 Å². The van der Waals surface area contributed by atoms with Gasteiger partial charge in [-0.25, -0.2) is 15.0 Å². The number of hydrogen-bond donors (Lipinski definition) is 0. The molecule has 0 radical (unpaired) electrons. The summed E-state index contributed by atoms with van der Waals surface area (Å²) < 4.78 is 3.01. The van der Waals surface area contributed by atoms with Gasteiger partial charge in [0, 0.05) is 29.3 Å². The van der Waals surface area contributed by atoms with Crippen molar-refractivity contribution >= 4 is 22.1 Å². The van der Waals surface area contributed by atoms with E-state index in [9.17, 15) is 5.21 Å². The van der Waals surface area contributed by atoms with E-state index in [1.807, 2.05) is 18.2 Å². The van der Waals surface area contributed by atoms with Crippen molar-refractivity contribution in [3.63, 3.8) is 0 Å². The third kappa shape index (κ3) is 2.33. The van der Waals surface area contributed by atoms with E-state index in [0.29, 0.717) is 18.1 Å². The van der Waals surface area contributed by atoms with Crippen LogP contribution >= 0.6 is 0 Å². The van der Waals surface area contributed by atoms with Crippen LogP contribution in [0.2, 0.25) is 0 Å². The van der Waals surface area contributed by atoms with Crippen molar-refractivity contribution in [1.82, 2.24) is 19.5 Å². The number of benzene rings is 1. The zero-order valence-corrected chi connectivity index (χ0v) is 13.7. The highest BCUT2D eigenvalue weighted by Crippen LogP contribution is 2.37. The quantitative estimate of drug-likeness (QED) is 0.427. The van der Waals surface area contributed by atoms with Crippen LogP contribution in [0, 0.1) is 5.21 Å². The molecule has 0 unspecified atom stereocenters. The summed E-state index contributed by atoms with van der Waals surface area (Å²) in [5.41, 5.74) is 2.44. The van der Waals surface area contributed by atoms with Crippen molar-refractivity contribution in [2.45, 2.75) is 31.7 Å². The lowest BCUT2D eigenvalue weighted by atomic mass is 9.85. The van der Waals surface area contributed by atoms with Gasteiger partial charge >= 0.3 is 0 Å². The Bertz CT molecular complexity index is 1080.